The van der Waals surface area contributed by atoms with E-state index < -0.39 is 0 Å². The van der Waals surface area contributed by atoms with Gasteiger partial charge in [-0.2, -0.15) is 0 Å². The molecule has 0 aliphatic carbocycles. The zero-order valence-corrected chi connectivity index (χ0v) is 9.77. The maximum atomic E-state index is 11.8. The number of carbonyl (C=O) groups is 1. The monoisotopic (exact) mass is 248 g/mol. The molecular weight excluding hydrogens is 240 g/mol. The summed E-state index contributed by atoms with van der Waals surface area (Å²) in [5.74, 6) is -0.150. The van der Waals surface area contributed by atoms with E-state index >= 15 is 0 Å². The first-order chi connectivity index (χ1) is 8.16. The van der Waals surface area contributed by atoms with Crippen molar-refractivity contribution in [2.75, 3.05) is 5.32 Å². The highest BCUT2D eigenvalue weighted by Crippen LogP contribution is 2.16. The SMILES string of the molecule is Cc1cc(Cl)c(C(=O)Nc2ncccn2)cn1. The van der Waals surface area contributed by atoms with E-state index in [-0.39, 0.29) is 11.9 Å². The Morgan fingerprint density at radius 3 is 2.65 bits per heavy atom. The summed E-state index contributed by atoms with van der Waals surface area (Å²) in [7, 11) is 0. The number of aryl methyl sites for hydroxylation is 1. The van der Waals surface area contributed by atoms with Gasteiger partial charge in [0.2, 0.25) is 5.95 Å². The summed E-state index contributed by atoms with van der Waals surface area (Å²) in [5.41, 5.74) is 1.05. The van der Waals surface area contributed by atoms with Crippen LogP contribution in [0.5, 0.6) is 0 Å². The minimum absolute atomic E-state index is 0.231. The molecule has 0 spiro atoms. The molecule has 2 aromatic heterocycles. The molecule has 0 aliphatic rings. The van der Waals surface area contributed by atoms with Crippen LogP contribution < -0.4 is 5.32 Å². The number of nitrogens with one attached hydrogen (secondary N) is 1. The Morgan fingerprint density at radius 1 is 1.29 bits per heavy atom. The van der Waals surface area contributed by atoms with Gasteiger partial charge in [-0.05, 0) is 19.1 Å². The molecule has 0 radical (unpaired) electrons. The van der Waals surface area contributed by atoms with Crippen LogP contribution in [0, 0.1) is 6.92 Å². The first kappa shape index (κ1) is 11.5. The number of anilines is 1. The molecule has 1 N–H and O–H groups in total. The molecule has 0 saturated carbocycles. The largest absolute Gasteiger partial charge is 0.290 e. The van der Waals surface area contributed by atoms with E-state index in [9.17, 15) is 4.79 Å². The maximum Gasteiger partial charge on any atom is 0.261 e. The molecule has 0 fully saturated rings. The fourth-order valence-electron chi connectivity index (χ4n) is 1.23. The summed E-state index contributed by atoms with van der Waals surface area (Å²) in [4.78, 5) is 23.6. The molecule has 5 nitrogen and oxygen atoms in total. The number of nitrogens with zero attached hydrogens (tertiary/aromatic N) is 3. The fourth-order valence-corrected chi connectivity index (χ4v) is 1.52. The second-order valence-corrected chi connectivity index (χ2v) is 3.74. The second-order valence-electron chi connectivity index (χ2n) is 3.33. The van der Waals surface area contributed by atoms with Gasteiger partial charge in [-0.3, -0.25) is 15.1 Å². The Morgan fingerprint density at radius 2 is 2.00 bits per heavy atom. The molecular formula is C11H9ClN4O. The lowest BCUT2D eigenvalue weighted by Crippen LogP contribution is -2.14. The molecule has 0 saturated heterocycles. The van der Waals surface area contributed by atoms with Gasteiger partial charge < -0.3 is 0 Å². The van der Waals surface area contributed by atoms with Crippen LogP contribution in [-0.4, -0.2) is 20.9 Å². The van der Waals surface area contributed by atoms with Gasteiger partial charge in [0.05, 0.1) is 10.6 Å². The molecule has 0 aromatic carbocycles. The average molecular weight is 249 g/mol. The van der Waals surface area contributed by atoms with Crippen LogP contribution in [0.15, 0.2) is 30.7 Å². The molecule has 0 atom stereocenters. The van der Waals surface area contributed by atoms with Gasteiger partial charge in [0.15, 0.2) is 0 Å². The Balaban J connectivity index is 2.21. The van der Waals surface area contributed by atoms with Gasteiger partial charge in [-0.15, -0.1) is 0 Å². The number of rotatable bonds is 2. The number of aromatic nitrogens is 3. The summed E-state index contributed by atoms with van der Waals surface area (Å²) in [6, 6.07) is 3.29. The quantitative estimate of drug-likeness (QED) is 0.884. The van der Waals surface area contributed by atoms with Crippen molar-refractivity contribution in [3.05, 3.63) is 47.0 Å². The number of hydrogen-bond donors (Lipinski definition) is 1. The number of hydrogen-bond acceptors (Lipinski definition) is 4. The van der Waals surface area contributed by atoms with Crippen molar-refractivity contribution < 1.29 is 4.79 Å². The first-order valence-electron chi connectivity index (χ1n) is 4.87. The van der Waals surface area contributed by atoms with Gasteiger partial charge in [-0.25, -0.2) is 9.97 Å². The van der Waals surface area contributed by atoms with E-state index in [1.807, 2.05) is 0 Å². The van der Waals surface area contributed by atoms with Crippen LogP contribution in [0.3, 0.4) is 0 Å². The third kappa shape index (κ3) is 2.76. The van der Waals surface area contributed by atoms with Gasteiger partial charge in [0.25, 0.3) is 5.91 Å². The topological polar surface area (TPSA) is 67.8 Å². The van der Waals surface area contributed by atoms with Crippen molar-refractivity contribution in [2.24, 2.45) is 0 Å². The van der Waals surface area contributed by atoms with Gasteiger partial charge in [0, 0.05) is 24.3 Å². The Bertz CT molecular complexity index is 544. The summed E-state index contributed by atoms with van der Waals surface area (Å²) in [6.07, 6.45) is 4.51. The first-order valence-corrected chi connectivity index (χ1v) is 5.25. The lowest BCUT2D eigenvalue weighted by atomic mass is 10.2. The predicted molar refractivity (Wildman–Crippen MR) is 64.0 cm³/mol. The van der Waals surface area contributed by atoms with Crippen LogP contribution in [0.25, 0.3) is 0 Å². The van der Waals surface area contributed by atoms with Crippen LogP contribution >= 0.6 is 11.6 Å². The average Bonchev–Trinajstić information content (AvgIpc) is 2.30. The molecule has 0 aliphatic heterocycles. The minimum Gasteiger partial charge on any atom is -0.290 e. The van der Waals surface area contributed by atoms with Crippen LogP contribution in [-0.2, 0) is 0 Å². The normalized spacial score (nSPS) is 10.0. The van der Waals surface area contributed by atoms with Crippen LogP contribution in [0.1, 0.15) is 16.1 Å². The lowest BCUT2D eigenvalue weighted by Gasteiger charge is -2.04. The van der Waals surface area contributed by atoms with Gasteiger partial charge in [-0.1, -0.05) is 11.6 Å². The molecule has 2 aromatic rings. The second kappa shape index (κ2) is 4.88. The van der Waals surface area contributed by atoms with Crippen molar-refractivity contribution in [2.45, 2.75) is 6.92 Å². The Hall–Kier alpha value is -2.01. The maximum absolute atomic E-state index is 11.8. The summed E-state index contributed by atoms with van der Waals surface area (Å²) >= 11 is 5.95. The zero-order chi connectivity index (χ0) is 12.3. The van der Waals surface area contributed by atoms with E-state index in [4.69, 9.17) is 11.6 Å². The van der Waals surface area contributed by atoms with Gasteiger partial charge >= 0.3 is 0 Å². The van der Waals surface area contributed by atoms with Gasteiger partial charge in [0.1, 0.15) is 0 Å². The van der Waals surface area contributed by atoms with Crippen LogP contribution in [0.2, 0.25) is 5.02 Å². The van der Waals surface area contributed by atoms with E-state index in [0.717, 1.165) is 5.69 Å². The summed E-state index contributed by atoms with van der Waals surface area (Å²) < 4.78 is 0. The minimum atomic E-state index is -0.381. The van der Waals surface area contributed by atoms with E-state index in [0.29, 0.717) is 10.6 Å². The predicted octanol–water partition coefficient (Wildman–Crippen LogP) is 2.09. The standard InChI is InChI=1S/C11H9ClN4O/c1-7-5-9(12)8(6-15-7)10(17)16-11-13-3-2-4-14-11/h2-6H,1H3,(H,13,14,16,17). The Kier molecular flexibility index (Phi) is 3.30. The molecule has 6 heteroatoms. The molecule has 2 rings (SSSR count). The molecule has 0 bridgehead atoms. The lowest BCUT2D eigenvalue weighted by molar-refractivity contribution is 0.102. The summed E-state index contributed by atoms with van der Waals surface area (Å²) in [6.45, 7) is 1.80. The van der Waals surface area contributed by atoms with Crippen molar-refractivity contribution in [3.8, 4) is 0 Å². The van der Waals surface area contributed by atoms with Crippen molar-refractivity contribution in [1.29, 1.82) is 0 Å². The molecule has 1 amide bonds. The summed E-state index contributed by atoms with van der Waals surface area (Å²) in [5, 5.41) is 2.89. The highest BCUT2D eigenvalue weighted by atomic mass is 35.5. The number of halogens is 1. The number of pyridine rings is 1. The van der Waals surface area contributed by atoms with E-state index in [2.05, 4.69) is 20.3 Å². The molecule has 2 heterocycles. The van der Waals surface area contributed by atoms with Crippen molar-refractivity contribution in [1.82, 2.24) is 15.0 Å². The smallest absolute Gasteiger partial charge is 0.261 e. The van der Waals surface area contributed by atoms with Crippen LogP contribution in [0.4, 0.5) is 5.95 Å². The molecule has 86 valence electrons. The fraction of sp³-hybridized carbons (Fsp3) is 0.0909. The number of carbonyl (C=O) groups excluding carboxylic acids is 1. The Labute approximate surface area is 103 Å². The number of amides is 1. The third-order valence-electron chi connectivity index (χ3n) is 2.03. The molecule has 17 heavy (non-hydrogen) atoms. The third-order valence-corrected chi connectivity index (χ3v) is 2.34. The highest BCUT2D eigenvalue weighted by molar-refractivity contribution is 6.34. The van der Waals surface area contributed by atoms with E-state index in [1.54, 1.807) is 19.1 Å². The van der Waals surface area contributed by atoms with Crippen molar-refractivity contribution >= 4 is 23.5 Å². The molecule has 0 unspecified atom stereocenters. The highest BCUT2D eigenvalue weighted by Gasteiger charge is 2.12. The van der Waals surface area contributed by atoms with Crippen molar-refractivity contribution in [3.63, 3.8) is 0 Å². The zero-order valence-electron chi connectivity index (χ0n) is 9.01. The van der Waals surface area contributed by atoms with E-state index in [1.165, 1.54) is 18.6 Å².